The second-order valence-electron chi connectivity index (χ2n) is 9.75. The highest BCUT2D eigenvalue weighted by molar-refractivity contribution is 6.07. The van der Waals surface area contributed by atoms with Gasteiger partial charge in [0.15, 0.2) is 5.69 Å². The minimum absolute atomic E-state index is 0.0126. The van der Waals surface area contributed by atoms with Crippen LogP contribution in [0.4, 0.5) is 24.5 Å². The molecular weight excluding hydrogens is 511 g/mol. The molecule has 5 rings (SSSR count). The molecule has 0 atom stereocenters. The van der Waals surface area contributed by atoms with Crippen molar-refractivity contribution in [3.05, 3.63) is 65.5 Å². The summed E-state index contributed by atoms with van der Waals surface area (Å²) in [4.78, 5) is 29.4. The lowest BCUT2D eigenvalue weighted by Gasteiger charge is -2.32. The molecule has 1 fully saturated rings. The van der Waals surface area contributed by atoms with E-state index in [2.05, 4.69) is 15.3 Å². The quantitative estimate of drug-likeness (QED) is 0.473. The van der Waals surface area contributed by atoms with Gasteiger partial charge in [0.25, 0.3) is 5.91 Å². The Morgan fingerprint density at radius 1 is 1.08 bits per heavy atom. The summed E-state index contributed by atoms with van der Waals surface area (Å²) in [6.45, 7) is 0.320. The van der Waals surface area contributed by atoms with Crippen molar-refractivity contribution in [2.45, 2.75) is 44.3 Å². The zero-order valence-electron chi connectivity index (χ0n) is 21.8. The number of rotatable bonds is 7. The average molecular weight is 542 g/mol. The first-order chi connectivity index (χ1) is 18.7. The normalized spacial score (nSPS) is 15.8. The molecule has 1 aromatic heterocycles. The minimum atomic E-state index is -4.69. The molecule has 39 heavy (non-hydrogen) atoms. The maximum Gasteiger partial charge on any atom is 0.435 e. The predicted molar refractivity (Wildman–Crippen MR) is 141 cm³/mol. The van der Waals surface area contributed by atoms with Gasteiger partial charge in [-0.25, -0.2) is 4.68 Å². The fraction of sp³-hybridized carbons (Fsp3) is 0.393. The van der Waals surface area contributed by atoms with Gasteiger partial charge in [-0.05, 0) is 67.8 Å². The molecule has 1 aliphatic carbocycles. The van der Waals surface area contributed by atoms with E-state index in [1.54, 1.807) is 43.4 Å². The molecule has 0 spiro atoms. The molecule has 11 heteroatoms. The van der Waals surface area contributed by atoms with Crippen LogP contribution in [0.1, 0.15) is 47.4 Å². The van der Waals surface area contributed by atoms with E-state index in [1.165, 1.54) is 12.0 Å². The number of fused-ring (bicyclic) bond motifs is 1. The number of carbonyl (C=O) groups is 2. The van der Waals surface area contributed by atoms with E-state index in [1.807, 2.05) is 12.1 Å². The Labute approximate surface area is 224 Å². The Balaban J connectivity index is 1.47. The van der Waals surface area contributed by atoms with Crippen LogP contribution >= 0.6 is 0 Å². The van der Waals surface area contributed by atoms with Gasteiger partial charge in [0, 0.05) is 36.6 Å². The topological polar surface area (TPSA) is 79.7 Å². The highest BCUT2D eigenvalue weighted by Crippen LogP contribution is 2.38. The molecule has 2 aromatic carbocycles. The van der Waals surface area contributed by atoms with Gasteiger partial charge in [-0.1, -0.05) is 12.8 Å². The fourth-order valence-electron chi connectivity index (χ4n) is 5.45. The van der Waals surface area contributed by atoms with Gasteiger partial charge in [-0.15, -0.1) is 0 Å². The van der Waals surface area contributed by atoms with Crippen molar-refractivity contribution in [3.8, 4) is 11.4 Å². The predicted octanol–water partition coefficient (Wildman–Crippen LogP) is 4.60. The molecule has 2 aliphatic rings. The summed E-state index contributed by atoms with van der Waals surface area (Å²) in [6.07, 6.45) is -0.454. The Morgan fingerprint density at radius 3 is 2.31 bits per heavy atom. The fourth-order valence-corrected chi connectivity index (χ4v) is 5.45. The summed E-state index contributed by atoms with van der Waals surface area (Å²) in [6, 6.07) is 13.9. The molecule has 2 heterocycles. The SMILES string of the molecule is CNC(=O)CN(c1ccc(N2CCc3c(C(F)(F)F)nn(-c4ccc(OC)cc4)c3C2=O)cc1)C1CCCC1. The lowest BCUT2D eigenvalue weighted by molar-refractivity contribution is -0.142. The summed E-state index contributed by atoms with van der Waals surface area (Å²) in [5, 5.41) is 6.52. The number of likely N-dealkylation sites (N-methyl/N-ethyl adjacent to an activating group) is 1. The summed E-state index contributed by atoms with van der Waals surface area (Å²) in [5.41, 5.74) is 0.510. The number of methoxy groups -OCH3 is 1. The van der Waals surface area contributed by atoms with Crippen molar-refractivity contribution < 1.29 is 27.5 Å². The third-order valence-corrected chi connectivity index (χ3v) is 7.45. The number of aromatic nitrogens is 2. The first-order valence-corrected chi connectivity index (χ1v) is 12.9. The number of ether oxygens (including phenoxy) is 1. The summed E-state index contributed by atoms with van der Waals surface area (Å²) >= 11 is 0. The molecule has 2 amide bonds. The number of nitrogens with one attached hydrogen (secondary N) is 1. The lowest BCUT2D eigenvalue weighted by atomic mass is 10.0. The standard InChI is InChI=1S/C28H30F3N5O3/c1-32-24(37)17-35(18-5-3-4-6-18)20-9-7-19(8-10-20)34-16-15-23-25(27(34)38)36(33-26(23)28(29,30)31)21-11-13-22(39-2)14-12-21/h7-14,18H,3-6,15-17H2,1-2H3,(H,32,37). The first kappa shape index (κ1) is 26.6. The van der Waals surface area contributed by atoms with Crippen LogP contribution in [-0.2, 0) is 17.4 Å². The summed E-state index contributed by atoms with van der Waals surface area (Å²) < 4.78 is 47.9. The second-order valence-corrected chi connectivity index (χ2v) is 9.75. The maximum atomic E-state index is 13.9. The van der Waals surface area contributed by atoms with Gasteiger partial charge in [0.05, 0.1) is 19.3 Å². The van der Waals surface area contributed by atoms with Crippen LogP contribution in [0.25, 0.3) is 5.69 Å². The van der Waals surface area contributed by atoms with Crippen LogP contribution < -0.4 is 19.9 Å². The largest absolute Gasteiger partial charge is 0.497 e. The Kier molecular flexibility index (Phi) is 7.24. The molecule has 0 radical (unpaired) electrons. The molecular formula is C28H30F3N5O3. The molecule has 8 nitrogen and oxygen atoms in total. The van der Waals surface area contributed by atoms with Crippen molar-refractivity contribution >= 4 is 23.2 Å². The smallest absolute Gasteiger partial charge is 0.435 e. The molecule has 206 valence electrons. The molecule has 0 saturated heterocycles. The highest BCUT2D eigenvalue weighted by Gasteiger charge is 2.43. The van der Waals surface area contributed by atoms with Crippen molar-refractivity contribution in [3.63, 3.8) is 0 Å². The molecule has 3 aromatic rings. The number of alkyl halides is 3. The van der Waals surface area contributed by atoms with Crippen LogP contribution in [0, 0.1) is 0 Å². The molecule has 0 bridgehead atoms. The summed E-state index contributed by atoms with van der Waals surface area (Å²) in [5.74, 6) is -0.107. The van der Waals surface area contributed by atoms with Crippen molar-refractivity contribution in [1.29, 1.82) is 0 Å². The highest BCUT2D eigenvalue weighted by atomic mass is 19.4. The zero-order chi connectivity index (χ0) is 27.7. The number of anilines is 2. The van der Waals surface area contributed by atoms with Crippen molar-refractivity contribution in [2.75, 3.05) is 37.0 Å². The van der Waals surface area contributed by atoms with Gasteiger partial charge < -0.3 is 19.9 Å². The van der Waals surface area contributed by atoms with Gasteiger partial charge in [0.1, 0.15) is 11.4 Å². The van der Waals surface area contributed by atoms with Crippen LogP contribution in [0.15, 0.2) is 48.5 Å². The maximum absolute atomic E-state index is 13.9. The van der Waals surface area contributed by atoms with Gasteiger partial charge in [-0.3, -0.25) is 9.59 Å². The molecule has 1 saturated carbocycles. The van der Waals surface area contributed by atoms with Crippen LogP contribution in [0.2, 0.25) is 0 Å². The zero-order valence-corrected chi connectivity index (χ0v) is 21.8. The number of carbonyl (C=O) groups excluding carboxylic acids is 2. The van der Waals surface area contributed by atoms with Crippen LogP contribution in [-0.4, -0.2) is 54.9 Å². The van der Waals surface area contributed by atoms with E-state index in [-0.39, 0.29) is 42.7 Å². The third-order valence-electron chi connectivity index (χ3n) is 7.45. The van der Waals surface area contributed by atoms with E-state index >= 15 is 0 Å². The van der Waals surface area contributed by atoms with E-state index < -0.39 is 17.8 Å². The van der Waals surface area contributed by atoms with E-state index in [9.17, 15) is 22.8 Å². The lowest BCUT2D eigenvalue weighted by Crippen LogP contribution is -2.41. The Hall–Kier alpha value is -4.02. The Bertz CT molecular complexity index is 1350. The second kappa shape index (κ2) is 10.6. The van der Waals surface area contributed by atoms with E-state index in [0.29, 0.717) is 17.1 Å². The number of hydrogen-bond acceptors (Lipinski definition) is 5. The minimum Gasteiger partial charge on any atom is -0.497 e. The summed E-state index contributed by atoms with van der Waals surface area (Å²) in [7, 11) is 3.10. The first-order valence-electron chi connectivity index (χ1n) is 12.9. The third kappa shape index (κ3) is 5.17. The van der Waals surface area contributed by atoms with Crippen LogP contribution in [0.3, 0.4) is 0 Å². The van der Waals surface area contributed by atoms with Gasteiger partial charge in [0.2, 0.25) is 5.91 Å². The molecule has 0 unspecified atom stereocenters. The number of hydrogen-bond donors (Lipinski definition) is 1. The van der Waals surface area contributed by atoms with Crippen molar-refractivity contribution in [1.82, 2.24) is 15.1 Å². The Morgan fingerprint density at radius 2 is 1.72 bits per heavy atom. The van der Waals surface area contributed by atoms with E-state index in [0.717, 1.165) is 36.1 Å². The molecule has 1 aliphatic heterocycles. The monoisotopic (exact) mass is 541 g/mol. The number of nitrogens with zero attached hydrogens (tertiary/aromatic N) is 4. The van der Waals surface area contributed by atoms with Crippen LogP contribution in [0.5, 0.6) is 5.75 Å². The number of benzene rings is 2. The molecule has 1 N–H and O–H groups in total. The van der Waals surface area contributed by atoms with Gasteiger partial charge >= 0.3 is 6.18 Å². The van der Waals surface area contributed by atoms with E-state index in [4.69, 9.17) is 4.74 Å². The average Bonchev–Trinajstić information content (AvgIpc) is 3.61. The number of halogens is 3. The van der Waals surface area contributed by atoms with Crippen molar-refractivity contribution in [2.24, 2.45) is 0 Å². The number of amides is 2. The van der Waals surface area contributed by atoms with Gasteiger partial charge in [-0.2, -0.15) is 18.3 Å².